The molecule has 0 bridgehead atoms. The van der Waals surface area contributed by atoms with Gasteiger partial charge in [-0.1, -0.05) is 28.1 Å². The number of likely N-dealkylation sites (N-methyl/N-ethyl adjacent to an activating group) is 1. The molecule has 0 saturated carbocycles. The fourth-order valence-electron chi connectivity index (χ4n) is 2.61. The van der Waals surface area contributed by atoms with E-state index in [1.54, 1.807) is 12.1 Å². The van der Waals surface area contributed by atoms with Gasteiger partial charge in [-0.2, -0.15) is 0 Å². The number of alkyl halides is 1. The zero-order valence-electron chi connectivity index (χ0n) is 11.2. The Balaban J connectivity index is 2.32. The Kier molecular flexibility index (Phi) is 4.28. The molecule has 2 nitrogen and oxygen atoms in total. The van der Waals surface area contributed by atoms with E-state index in [0.717, 1.165) is 24.3 Å². The molecule has 1 fully saturated rings. The van der Waals surface area contributed by atoms with Crippen molar-refractivity contribution in [1.29, 1.82) is 0 Å². The summed E-state index contributed by atoms with van der Waals surface area (Å²) >= 11 is 3.45. The minimum Gasteiger partial charge on any atom is -0.366 e. The minimum atomic E-state index is -0.115. The highest BCUT2D eigenvalue weighted by Gasteiger charge is 2.28. The fourth-order valence-corrected chi connectivity index (χ4v) is 3.06. The first kappa shape index (κ1) is 13.8. The Morgan fingerprint density at radius 1 is 1.28 bits per heavy atom. The van der Waals surface area contributed by atoms with Crippen molar-refractivity contribution in [2.45, 2.75) is 31.3 Å². The highest BCUT2D eigenvalue weighted by atomic mass is 79.9. The quantitative estimate of drug-likeness (QED) is 0.773. The van der Waals surface area contributed by atoms with Crippen molar-refractivity contribution in [3.8, 4) is 0 Å². The molecular formula is C14H20BrFN2. The summed E-state index contributed by atoms with van der Waals surface area (Å²) in [5.74, 6) is -0.115. The molecule has 1 saturated heterocycles. The first-order valence-electron chi connectivity index (χ1n) is 6.34. The van der Waals surface area contributed by atoms with Gasteiger partial charge in [-0.15, -0.1) is 0 Å². The van der Waals surface area contributed by atoms with E-state index in [0.29, 0.717) is 17.4 Å². The van der Waals surface area contributed by atoms with Crippen LogP contribution in [-0.2, 0) is 5.33 Å². The van der Waals surface area contributed by atoms with Crippen LogP contribution in [0.15, 0.2) is 18.2 Å². The van der Waals surface area contributed by atoms with Gasteiger partial charge in [-0.3, -0.25) is 4.90 Å². The maximum absolute atomic E-state index is 14.1. The molecule has 1 aliphatic heterocycles. The molecule has 0 amide bonds. The number of rotatable bonds is 2. The van der Waals surface area contributed by atoms with E-state index < -0.39 is 0 Å². The zero-order chi connectivity index (χ0) is 13.3. The van der Waals surface area contributed by atoms with Crippen molar-refractivity contribution in [3.63, 3.8) is 0 Å². The van der Waals surface area contributed by atoms with Crippen LogP contribution < -0.4 is 4.90 Å². The molecule has 0 spiro atoms. The van der Waals surface area contributed by atoms with Gasteiger partial charge in [-0.25, -0.2) is 4.39 Å². The van der Waals surface area contributed by atoms with Crippen LogP contribution in [0.5, 0.6) is 0 Å². The molecule has 1 aromatic rings. The lowest BCUT2D eigenvalue weighted by atomic mass is 10.1. The predicted octanol–water partition coefficient (Wildman–Crippen LogP) is 3.25. The Labute approximate surface area is 117 Å². The van der Waals surface area contributed by atoms with Crippen molar-refractivity contribution >= 4 is 21.6 Å². The standard InChI is InChI=1S/C14H20BrFN2/c1-10-8-18(9-11(2)17(10)3)14-12(7-15)5-4-6-13(14)16/h4-6,10-11H,7-9H2,1-3H3. The van der Waals surface area contributed by atoms with Crippen molar-refractivity contribution in [1.82, 2.24) is 4.90 Å². The number of halogens is 2. The molecule has 1 heterocycles. The van der Waals surface area contributed by atoms with Gasteiger partial charge in [0.05, 0.1) is 5.69 Å². The summed E-state index contributed by atoms with van der Waals surface area (Å²) in [4.78, 5) is 4.53. The zero-order valence-corrected chi connectivity index (χ0v) is 12.7. The van der Waals surface area contributed by atoms with E-state index in [1.807, 2.05) is 6.07 Å². The monoisotopic (exact) mass is 314 g/mol. The third kappa shape index (κ3) is 2.54. The predicted molar refractivity (Wildman–Crippen MR) is 77.9 cm³/mol. The summed E-state index contributed by atoms with van der Waals surface area (Å²) in [7, 11) is 2.14. The fraction of sp³-hybridized carbons (Fsp3) is 0.571. The van der Waals surface area contributed by atoms with Crippen molar-refractivity contribution in [3.05, 3.63) is 29.6 Å². The summed E-state index contributed by atoms with van der Waals surface area (Å²) < 4.78 is 14.1. The van der Waals surface area contributed by atoms with E-state index in [9.17, 15) is 4.39 Å². The second-order valence-electron chi connectivity index (χ2n) is 5.15. The Bertz CT molecular complexity index is 412. The lowest BCUT2D eigenvalue weighted by Gasteiger charge is -2.44. The minimum absolute atomic E-state index is 0.115. The molecule has 1 aromatic carbocycles. The normalized spacial score (nSPS) is 25.5. The molecule has 0 N–H and O–H groups in total. The molecule has 2 atom stereocenters. The van der Waals surface area contributed by atoms with Gasteiger partial charge < -0.3 is 4.90 Å². The van der Waals surface area contributed by atoms with Crippen LogP contribution in [0, 0.1) is 5.82 Å². The second-order valence-corrected chi connectivity index (χ2v) is 5.71. The number of para-hydroxylation sites is 1. The maximum Gasteiger partial charge on any atom is 0.146 e. The maximum atomic E-state index is 14.1. The third-order valence-electron chi connectivity index (χ3n) is 3.89. The van der Waals surface area contributed by atoms with Crippen LogP contribution in [0.4, 0.5) is 10.1 Å². The SMILES string of the molecule is CC1CN(c2c(F)cccc2CBr)CC(C)N1C. The van der Waals surface area contributed by atoms with E-state index >= 15 is 0 Å². The molecule has 0 radical (unpaired) electrons. The van der Waals surface area contributed by atoms with Gasteiger partial charge in [0.1, 0.15) is 5.82 Å². The van der Waals surface area contributed by atoms with E-state index in [-0.39, 0.29) is 5.82 Å². The topological polar surface area (TPSA) is 6.48 Å². The van der Waals surface area contributed by atoms with Crippen LogP contribution in [0.25, 0.3) is 0 Å². The smallest absolute Gasteiger partial charge is 0.146 e. The first-order chi connectivity index (χ1) is 8.54. The molecule has 100 valence electrons. The van der Waals surface area contributed by atoms with Gasteiger partial charge in [0.2, 0.25) is 0 Å². The number of hydrogen-bond acceptors (Lipinski definition) is 2. The van der Waals surface area contributed by atoms with Gasteiger partial charge in [-0.05, 0) is 32.5 Å². The van der Waals surface area contributed by atoms with Crippen LogP contribution in [0.3, 0.4) is 0 Å². The highest BCUT2D eigenvalue weighted by molar-refractivity contribution is 9.08. The Morgan fingerprint density at radius 2 is 1.89 bits per heavy atom. The van der Waals surface area contributed by atoms with Gasteiger partial charge >= 0.3 is 0 Å². The van der Waals surface area contributed by atoms with Crippen LogP contribution in [-0.4, -0.2) is 37.1 Å². The van der Waals surface area contributed by atoms with E-state index in [4.69, 9.17) is 0 Å². The average Bonchev–Trinajstić information content (AvgIpc) is 2.35. The number of hydrogen-bond donors (Lipinski definition) is 0. The van der Waals surface area contributed by atoms with Crippen LogP contribution in [0.1, 0.15) is 19.4 Å². The Morgan fingerprint density at radius 3 is 2.44 bits per heavy atom. The summed E-state index contributed by atoms with van der Waals surface area (Å²) in [6.45, 7) is 6.14. The number of benzene rings is 1. The molecule has 0 aromatic heterocycles. The molecule has 1 aliphatic rings. The molecule has 2 rings (SSSR count). The van der Waals surface area contributed by atoms with Crippen LogP contribution in [0.2, 0.25) is 0 Å². The third-order valence-corrected chi connectivity index (χ3v) is 4.49. The summed E-state index contributed by atoms with van der Waals surface area (Å²) in [5.41, 5.74) is 1.79. The molecule has 18 heavy (non-hydrogen) atoms. The van der Waals surface area contributed by atoms with Gasteiger partial charge in [0.25, 0.3) is 0 Å². The number of nitrogens with zero attached hydrogens (tertiary/aromatic N) is 2. The molecule has 0 aliphatic carbocycles. The lowest BCUT2D eigenvalue weighted by Crippen LogP contribution is -2.55. The van der Waals surface area contributed by atoms with Crippen molar-refractivity contribution < 1.29 is 4.39 Å². The largest absolute Gasteiger partial charge is 0.366 e. The second kappa shape index (κ2) is 5.57. The molecular weight excluding hydrogens is 295 g/mol. The van der Waals surface area contributed by atoms with Crippen LogP contribution >= 0.6 is 15.9 Å². The van der Waals surface area contributed by atoms with E-state index in [2.05, 4.69) is 46.6 Å². The number of anilines is 1. The Hall–Kier alpha value is -0.610. The summed E-state index contributed by atoms with van der Waals surface area (Å²) in [6, 6.07) is 6.20. The van der Waals surface area contributed by atoms with Gasteiger partial charge in [0, 0.05) is 30.5 Å². The van der Waals surface area contributed by atoms with Crippen molar-refractivity contribution in [2.75, 3.05) is 25.0 Å². The highest BCUT2D eigenvalue weighted by Crippen LogP contribution is 2.29. The molecule has 2 unspecified atom stereocenters. The summed E-state index contributed by atoms with van der Waals surface area (Å²) in [6.07, 6.45) is 0. The lowest BCUT2D eigenvalue weighted by molar-refractivity contribution is 0.169. The number of piperazine rings is 1. The van der Waals surface area contributed by atoms with Crippen molar-refractivity contribution in [2.24, 2.45) is 0 Å². The first-order valence-corrected chi connectivity index (χ1v) is 7.47. The van der Waals surface area contributed by atoms with E-state index in [1.165, 1.54) is 0 Å². The average molecular weight is 315 g/mol. The summed E-state index contributed by atoms with van der Waals surface area (Å²) in [5, 5.41) is 0.690. The van der Waals surface area contributed by atoms with Gasteiger partial charge in [0.15, 0.2) is 0 Å². The molecule has 4 heteroatoms.